The van der Waals surface area contributed by atoms with Crippen molar-refractivity contribution >= 4 is 0 Å². The molecule has 84 valence electrons. The van der Waals surface area contributed by atoms with Crippen LogP contribution in [0.4, 0.5) is 0 Å². The molecule has 0 unspecified atom stereocenters. The van der Waals surface area contributed by atoms with Gasteiger partial charge in [0.15, 0.2) is 5.82 Å². The summed E-state index contributed by atoms with van der Waals surface area (Å²) in [5, 5.41) is 7.62. The van der Waals surface area contributed by atoms with E-state index >= 15 is 0 Å². The molecular weight excluding hydrogens is 188 g/mol. The van der Waals surface area contributed by atoms with E-state index in [1.807, 2.05) is 4.68 Å². The van der Waals surface area contributed by atoms with Crippen molar-refractivity contribution in [3.05, 3.63) is 24.3 Å². The zero-order valence-corrected chi connectivity index (χ0v) is 9.66. The van der Waals surface area contributed by atoms with Crippen LogP contribution in [0.5, 0.6) is 0 Å². The third-order valence-corrected chi connectivity index (χ3v) is 2.18. The van der Waals surface area contributed by atoms with E-state index in [4.69, 9.17) is 0 Å². The van der Waals surface area contributed by atoms with Crippen LogP contribution in [0.2, 0.25) is 0 Å². The molecule has 4 heteroatoms. The van der Waals surface area contributed by atoms with Gasteiger partial charge in [0.1, 0.15) is 6.33 Å². The minimum absolute atomic E-state index is 0.749. The van der Waals surface area contributed by atoms with Crippen LogP contribution in [0, 0.1) is 0 Å². The normalized spacial score (nSPS) is 10.5. The molecule has 0 spiro atoms. The Balaban J connectivity index is 2.38. The van der Waals surface area contributed by atoms with Crippen LogP contribution in [0.15, 0.2) is 18.5 Å². The molecule has 1 aromatic heterocycles. The summed E-state index contributed by atoms with van der Waals surface area (Å²) in [5.41, 5.74) is 1.17. The van der Waals surface area contributed by atoms with Crippen LogP contribution in [0.25, 0.3) is 0 Å². The zero-order chi connectivity index (χ0) is 11.1. The quantitative estimate of drug-likeness (QED) is 0.548. The van der Waals surface area contributed by atoms with Gasteiger partial charge in [0.25, 0.3) is 0 Å². The smallest absolute Gasteiger partial charge is 0.164 e. The van der Waals surface area contributed by atoms with E-state index in [0.29, 0.717) is 0 Å². The molecule has 0 fully saturated rings. The molecule has 0 aliphatic rings. The molecule has 0 atom stereocenters. The van der Waals surface area contributed by atoms with E-state index in [1.165, 1.54) is 5.57 Å². The van der Waals surface area contributed by atoms with E-state index in [2.05, 4.69) is 35.8 Å². The maximum absolute atomic E-state index is 4.35. The van der Waals surface area contributed by atoms with Crippen molar-refractivity contribution in [2.75, 3.05) is 6.54 Å². The standard InChI is InChI=1S/C11H20N4/c1-4-6-12-7-11-13-9-15(14-11)8-10(3)5-2/h9,12H,3-8H2,1-2H3. The summed E-state index contributed by atoms with van der Waals surface area (Å²) < 4.78 is 1.84. The van der Waals surface area contributed by atoms with Gasteiger partial charge in [-0.2, -0.15) is 5.10 Å². The molecule has 4 nitrogen and oxygen atoms in total. The Morgan fingerprint density at radius 2 is 2.33 bits per heavy atom. The van der Waals surface area contributed by atoms with E-state index in [-0.39, 0.29) is 0 Å². The first kappa shape index (κ1) is 11.9. The topological polar surface area (TPSA) is 42.7 Å². The van der Waals surface area contributed by atoms with Gasteiger partial charge in [-0.25, -0.2) is 9.67 Å². The second-order valence-corrected chi connectivity index (χ2v) is 3.64. The van der Waals surface area contributed by atoms with Gasteiger partial charge in [0, 0.05) is 0 Å². The average molecular weight is 208 g/mol. The van der Waals surface area contributed by atoms with Crippen molar-refractivity contribution in [1.82, 2.24) is 20.1 Å². The van der Waals surface area contributed by atoms with Gasteiger partial charge in [0.05, 0.1) is 13.1 Å². The summed E-state index contributed by atoms with van der Waals surface area (Å²) in [6.07, 6.45) is 3.89. The maximum atomic E-state index is 4.35. The highest BCUT2D eigenvalue weighted by Gasteiger charge is 2.00. The highest BCUT2D eigenvalue weighted by atomic mass is 15.3. The molecule has 1 heterocycles. The molecule has 1 rings (SSSR count). The Labute approximate surface area is 91.4 Å². The van der Waals surface area contributed by atoms with Crippen molar-refractivity contribution in [2.24, 2.45) is 0 Å². The lowest BCUT2D eigenvalue weighted by atomic mass is 10.2. The highest BCUT2D eigenvalue weighted by molar-refractivity contribution is 4.93. The van der Waals surface area contributed by atoms with Gasteiger partial charge in [-0.1, -0.05) is 26.0 Å². The van der Waals surface area contributed by atoms with Gasteiger partial charge in [-0.05, 0) is 19.4 Å². The van der Waals surface area contributed by atoms with Crippen molar-refractivity contribution in [1.29, 1.82) is 0 Å². The monoisotopic (exact) mass is 208 g/mol. The van der Waals surface area contributed by atoms with Gasteiger partial charge in [-0.15, -0.1) is 0 Å². The number of hydrogen-bond acceptors (Lipinski definition) is 3. The van der Waals surface area contributed by atoms with E-state index in [9.17, 15) is 0 Å². The summed E-state index contributed by atoms with van der Waals surface area (Å²) >= 11 is 0. The molecule has 0 radical (unpaired) electrons. The van der Waals surface area contributed by atoms with Gasteiger partial charge < -0.3 is 5.32 Å². The molecule has 15 heavy (non-hydrogen) atoms. The van der Waals surface area contributed by atoms with Crippen LogP contribution in [0.1, 0.15) is 32.5 Å². The number of hydrogen-bond donors (Lipinski definition) is 1. The van der Waals surface area contributed by atoms with Crippen LogP contribution in [-0.2, 0) is 13.1 Å². The molecule has 1 N–H and O–H groups in total. The molecule has 0 saturated heterocycles. The van der Waals surface area contributed by atoms with Gasteiger partial charge in [-0.3, -0.25) is 0 Å². The molecule has 0 amide bonds. The number of nitrogens with one attached hydrogen (secondary N) is 1. The Morgan fingerprint density at radius 3 is 3.00 bits per heavy atom. The Kier molecular flexibility index (Phi) is 5.04. The Hall–Kier alpha value is -1.16. The van der Waals surface area contributed by atoms with Crippen molar-refractivity contribution in [3.63, 3.8) is 0 Å². The minimum atomic E-state index is 0.749. The fraction of sp³-hybridized carbons (Fsp3) is 0.636. The first-order chi connectivity index (χ1) is 7.26. The molecule has 0 aromatic carbocycles. The largest absolute Gasteiger partial charge is 0.310 e. The second kappa shape index (κ2) is 6.35. The lowest BCUT2D eigenvalue weighted by Gasteiger charge is -2.01. The van der Waals surface area contributed by atoms with Crippen molar-refractivity contribution < 1.29 is 0 Å². The number of nitrogens with zero attached hydrogens (tertiary/aromatic N) is 3. The van der Waals surface area contributed by atoms with E-state index in [0.717, 1.165) is 38.3 Å². The second-order valence-electron chi connectivity index (χ2n) is 3.64. The molecular formula is C11H20N4. The molecule has 0 bridgehead atoms. The van der Waals surface area contributed by atoms with Gasteiger partial charge in [0.2, 0.25) is 0 Å². The number of aromatic nitrogens is 3. The molecule has 0 saturated carbocycles. The van der Waals surface area contributed by atoms with Crippen LogP contribution in [0.3, 0.4) is 0 Å². The van der Waals surface area contributed by atoms with E-state index in [1.54, 1.807) is 6.33 Å². The molecule has 0 aliphatic carbocycles. The SMILES string of the molecule is C=C(CC)Cn1cnc(CNCCC)n1. The minimum Gasteiger partial charge on any atom is -0.310 e. The summed E-state index contributed by atoms with van der Waals surface area (Å²) in [5.74, 6) is 0.854. The summed E-state index contributed by atoms with van der Waals surface area (Å²) in [6, 6.07) is 0. The predicted octanol–water partition coefficient (Wildman–Crippen LogP) is 1.74. The lowest BCUT2D eigenvalue weighted by Crippen LogP contribution is -2.15. The number of allylic oxidation sites excluding steroid dienone is 1. The van der Waals surface area contributed by atoms with Crippen LogP contribution >= 0.6 is 0 Å². The lowest BCUT2D eigenvalue weighted by molar-refractivity contribution is 0.618. The summed E-state index contributed by atoms with van der Waals surface area (Å²) in [4.78, 5) is 4.22. The Bertz CT molecular complexity index is 303. The number of rotatable bonds is 7. The van der Waals surface area contributed by atoms with Gasteiger partial charge >= 0.3 is 0 Å². The first-order valence-electron chi connectivity index (χ1n) is 5.52. The molecule has 0 aliphatic heterocycles. The summed E-state index contributed by atoms with van der Waals surface area (Å²) in [6.45, 7) is 10.7. The zero-order valence-electron chi connectivity index (χ0n) is 9.66. The van der Waals surface area contributed by atoms with E-state index < -0.39 is 0 Å². The van der Waals surface area contributed by atoms with Crippen LogP contribution < -0.4 is 5.32 Å². The maximum Gasteiger partial charge on any atom is 0.164 e. The third kappa shape index (κ3) is 4.25. The van der Waals surface area contributed by atoms with Crippen LogP contribution in [-0.4, -0.2) is 21.3 Å². The summed E-state index contributed by atoms with van der Waals surface area (Å²) in [7, 11) is 0. The Morgan fingerprint density at radius 1 is 1.53 bits per heavy atom. The fourth-order valence-electron chi connectivity index (χ4n) is 1.21. The van der Waals surface area contributed by atoms with Crippen molar-refractivity contribution in [2.45, 2.75) is 39.8 Å². The predicted molar refractivity (Wildman–Crippen MR) is 61.5 cm³/mol. The fourth-order valence-corrected chi connectivity index (χ4v) is 1.21. The third-order valence-electron chi connectivity index (χ3n) is 2.18. The van der Waals surface area contributed by atoms with Crippen molar-refractivity contribution in [3.8, 4) is 0 Å². The molecule has 1 aromatic rings. The first-order valence-corrected chi connectivity index (χ1v) is 5.52. The highest BCUT2D eigenvalue weighted by Crippen LogP contribution is 2.00. The average Bonchev–Trinajstić information content (AvgIpc) is 2.66.